The number of nitrogens with zero attached hydrogens (tertiary/aromatic N) is 4. The van der Waals surface area contributed by atoms with Crippen LogP contribution in [0.25, 0.3) is 10.6 Å². The second-order valence-electron chi connectivity index (χ2n) is 7.56. The molecule has 0 radical (unpaired) electrons. The van der Waals surface area contributed by atoms with Crippen molar-refractivity contribution in [3.8, 4) is 10.6 Å². The highest BCUT2D eigenvalue weighted by molar-refractivity contribution is 7.13. The van der Waals surface area contributed by atoms with Gasteiger partial charge < -0.3 is 5.11 Å². The average Bonchev–Trinajstić information content (AvgIpc) is 3.37. The van der Waals surface area contributed by atoms with Crippen molar-refractivity contribution in [3.05, 3.63) is 64.2 Å². The van der Waals surface area contributed by atoms with Crippen molar-refractivity contribution in [2.45, 2.75) is 38.3 Å². The molecular weight excluding hydrogens is 470 g/mol. The van der Waals surface area contributed by atoms with Gasteiger partial charge in [0.05, 0.1) is 22.7 Å². The Morgan fingerprint density at radius 2 is 1.73 bits per heavy atom. The lowest BCUT2D eigenvalue weighted by Crippen LogP contribution is -2.55. The molecule has 3 aromatic rings. The number of benzene rings is 1. The van der Waals surface area contributed by atoms with E-state index >= 15 is 0 Å². The molecule has 1 atom stereocenters. The minimum Gasteiger partial charge on any atom is -0.362 e. The zero-order valence-electron chi connectivity index (χ0n) is 17.2. The van der Waals surface area contributed by atoms with Gasteiger partial charge in [-0.25, -0.2) is 9.97 Å². The summed E-state index contributed by atoms with van der Waals surface area (Å²) in [5.74, 6) is -1.01. The molecule has 3 heterocycles. The van der Waals surface area contributed by atoms with Gasteiger partial charge in [-0.15, -0.1) is 11.3 Å². The van der Waals surface area contributed by atoms with E-state index in [0.717, 1.165) is 22.5 Å². The third kappa shape index (κ3) is 4.20. The Morgan fingerprint density at radius 1 is 1.00 bits per heavy atom. The molecule has 0 aliphatic carbocycles. The number of aliphatic hydroxyl groups is 1. The largest absolute Gasteiger partial charge is 0.438 e. The first kappa shape index (κ1) is 23.2. The number of aryl methyl sites for hydroxylation is 2. The standard InChI is InChI=1S/C21H16F6N4OS/c1-11-5-6-13(8-12(11)2)15-10-19(32,21(25,26)27)31(30-15)18-28-14(16-4-3-7-33-16)9-17(29-18)20(22,23)24/h3-9,32H,10H2,1-2H3. The van der Waals surface area contributed by atoms with Gasteiger partial charge in [-0.3, -0.25) is 0 Å². The van der Waals surface area contributed by atoms with E-state index in [1.807, 2.05) is 6.92 Å². The molecular formula is C21H16F6N4OS. The molecule has 0 saturated heterocycles. The van der Waals surface area contributed by atoms with Gasteiger partial charge >= 0.3 is 12.4 Å². The topological polar surface area (TPSA) is 61.6 Å². The highest BCUT2D eigenvalue weighted by atomic mass is 32.1. The van der Waals surface area contributed by atoms with Crippen LogP contribution in [0.2, 0.25) is 0 Å². The van der Waals surface area contributed by atoms with Gasteiger partial charge in [0.1, 0.15) is 0 Å². The van der Waals surface area contributed by atoms with Crippen LogP contribution >= 0.6 is 11.3 Å². The van der Waals surface area contributed by atoms with Crippen molar-refractivity contribution in [2.24, 2.45) is 5.10 Å². The van der Waals surface area contributed by atoms with E-state index in [-0.39, 0.29) is 21.3 Å². The summed E-state index contributed by atoms with van der Waals surface area (Å²) < 4.78 is 82.4. The minimum absolute atomic E-state index is 0.0316. The maximum atomic E-state index is 14.0. The van der Waals surface area contributed by atoms with E-state index in [1.54, 1.807) is 30.5 Å². The van der Waals surface area contributed by atoms with Crippen LogP contribution in [0.4, 0.5) is 32.3 Å². The highest BCUT2D eigenvalue weighted by Gasteiger charge is 2.63. The summed E-state index contributed by atoms with van der Waals surface area (Å²) in [5, 5.41) is 16.1. The summed E-state index contributed by atoms with van der Waals surface area (Å²) in [5.41, 5.74) is -3.50. The lowest BCUT2D eigenvalue weighted by molar-refractivity contribution is -0.254. The first-order chi connectivity index (χ1) is 15.3. The van der Waals surface area contributed by atoms with E-state index in [4.69, 9.17) is 0 Å². The molecule has 12 heteroatoms. The third-order valence-electron chi connectivity index (χ3n) is 5.25. The first-order valence-corrected chi connectivity index (χ1v) is 10.4. The van der Waals surface area contributed by atoms with Gasteiger partial charge in [-0.1, -0.05) is 18.2 Å². The molecule has 0 fully saturated rings. The zero-order valence-corrected chi connectivity index (χ0v) is 18.0. The molecule has 0 saturated carbocycles. The van der Waals surface area contributed by atoms with Crippen molar-refractivity contribution in [2.75, 3.05) is 5.01 Å². The van der Waals surface area contributed by atoms with Crippen LogP contribution in [0.3, 0.4) is 0 Å². The molecule has 0 spiro atoms. The third-order valence-corrected chi connectivity index (χ3v) is 6.14. The Balaban J connectivity index is 1.90. The number of halogens is 6. The molecule has 0 amide bonds. The maximum absolute atomic E-state index is 14.0. The average molecular weight is 486 g/mol. The van der Waals surface area contributed by atoms with Crippen LogP contribution in [-0.2, 0) is 6.18 Å². The van der Waals surface area contributed by atoms with Crippen LogP contribution in [0, 0.1) is 13.8 Å². The van der Waals surface area contributed by atoms with E-state index in [0.29, 0.717) is 11.6 Å². The number of thiophene rings is 1. The fourth-order valence-corrected chi connectivity index (χ4v) is 3.97. The summed E-state index contributed by atoms with van der Waals surface area (Å²) in [6.07, 6.45) is -11.2. The SMILES string of the molecule is Cc1ccc(C2=NN(c3nc(-c4cccs4)cc(C(F)(F)F)n3)C(O)(C(F)(F)F)C2)cc1C. The fourth-order valence-electron chi connectivity index (χ4n) is 3.28. The zero-order chi connectivity index (χ0) is 24.2. The Morgan fingerprint density at radius 3 is 2.30 bits per heavy atom. The van der Waals surface area contributed by atoms with E-state index < -0.39 is 36.1 Å². The second kappa shape index (κ2) is 7.80. The lowest BCUT2D eigenvalue weighted by Gasteiger charge is -2.32. The molecule has 1 unspecified atom stereocenters. The fraction of sp³-hybridized carbons (Fsp3) is 0.286. The van der Waals surface area contributed by atoms with Crippen molar-refractivity contribution in [1.82, 2.24) is 9.97 Å². The van der Waals surface area contributed by atoms with Crippen LogP contribution in [0.1, 0.15) is 28.8 Å². The van der Waals surface area contributed by atoms with Gasteiger partial charge in [0, 0.05) is 0 Å². The van der Waals surface area contributed by atoms with Crippen LogP contribution in [0.5, 0.6) is 0 Å². The number of alkyl halides is 6. The van der Waals surface area contributed by atoms with Gasteiger partial charge in [0.2, 0.25) is 5.95 Å². The summed E-state index contributed by atoms with van der Waals surface area (Å²) in [6, 6.07) is 8.49. The van der Waals surface area contributed by atoms with Crippen LogP contribution < -0.4 is 5.01 Å². The maximum Gasteiger partial charge on any atom is 0.438 e. The molecule has 0 bridgehead atoms. The quantitative estimate of drug-likeness (QED) is 0.482. The van der Waals surface area contributed by atoms with E-state index in [1.165, 1.54) is 12.1 Å². The monoisotopic (exact) mass is 486 g/mol. The molecule has 1 aromatic carbocycles. The second-order valence-corrected chi connectivity index (χ2v) is 8.51. The lowest BCUT2D eigenvalue weighted by atomic mass is 9.98. The van der Waals surface area contributed by atoms with Gasteiger partial charge in [-0.05, 0) is 54.1 Å². The number of hydrogen-bond donors (Lipinski definition) is 1. The summed E-state index contributed by atoms with van der Waals surface area (Å²) in [6.45, 7) is 3.57. The summed E-state index contributed by atoms with van der Waals surface area (Å²) >= 11 is 1.06. The van der Waals surface area contributed by atoms with Crippen molar-refractivity contribution < 1.29 is 31.4 Å². The minimum atomic E-state index is -5.27. The first-order valence-electron chi connectivity index (χ1n) is 9.54. The molecule has 4 rings (SSSR count). The molecule has 174 valence electrons. The van der Waals surface area contributed by atoms with E-state index in [9.17, 15) is 31.4 Å². The molecule has 33 heavy (non-hydrogen) atoms. The number of hydrogen-bond acceptors (Lipinski definition) is 6. The summed E-state index contributed by atoms with van der Waals surface area (Å²) in [7, 11) is 0. The number of aromatic nitrogens is 2. The van der Waals surface area contributed by atoms with Gasteiger partial charge in [-0.2, -0.15) is 36.5 Å². The van der Waals surface area contributed by atoms with Crippen molar-refractivity contribution in [3.63, 3.8) is 0 Å². The van der Waals surface area contributed by atoms with Crippen molar-refractivity contribution >= 4 is 23.0 Å². The molecule has 1 N–H and O–H groups in total. The number of rotatable bonds is 3. The van der Waals surface area contributed by atoms with Crippen LogP contribution in [-0.4, -0.2) is 32.7 Å². The Kier molecular flexibility index (Phi) is 5.48. The molecule has 1 aliphatic rings. The molecule has 2 aromatic heterocycles. The molecule has 1 aliphatic heterocycles. The Hall–Kier alpha value is -2.99. The van der Waals surface area contributed by atoms with E-state index in [2.05, 4.69) is 15.1 Å². The number of hydrazone groups is 1. The van der Waals surface area contributed by atoms with Gasteiger partial charge in [0.25, 0.3) is 5.72 Å². The normalized spacial score (nSPS) is 19.2. The smallest absolute Gasteiger partial charge is 0.362 e. The molecule has 5 nitrogen and oxygen atoms in total. The van der Waals surface area contributed by atoms with Crippen LogP contribution in [0.15, 0.2) is 46.9 Å². The Labute approximate surface area is 188 Å². The Bertz CT molecular complexity index is 1220. The highest BCUT2D eigenvalue weighted by Crippen LogP contribution is 2.44. The predicted molar refractivity (Wildman–Crippen MR) is 111 cm³/mol. The summed E-state index contributed by atoms with van der Waals surface area (Å²) in [4.78, 5) is 7.48. The van der Waals surface area contributed by atoms with Gasteiger partial charge in [0.15, 0.2) is 5.69 Å². The van der Waals surface area contributed by atoms with Crippen molar-refractivity contribution in [1.29, 1.82) is 0 Å². The number of anilines is 1. The predicted octanol–water partition coefficient (Wildman–Crippen LogP) is 5.71.